The SMILES string of the molecule is C#CCO.OCC#CC(F)(F)CO. The third-order valence-electron chi connectivity index (χ3n) is 0.640. The van der Waals surface area contributed by atoms with E-state index >= 15 is 0 Å². The van der Waals surface area contributed by atoms with Crippen LogP contribution >= 0.6 is 0 Å². The fourth-order valence-electron chi connectivity index (χ4n) is 0.208. The lowest BCUT2D eigenvalue weighted by atomic mass is 10.4. The highest BCUT2D eigenvalue weighted by Gasteiger charge is 2.23. The van der Waals surface area contributed by atoms with Crippen molar-refractivity contribution in [3.05, 3.63) is 0 Å². The number of terminal acetylenes is 1. The van der Waals surface area contributed by atoms with Gasteiger partial charge in [0.05, 0.1) is 0 Å². The van der Waals surface area contributed by atoms with E-state index in [9.17, 15) is 8.78 Å². The van der Waals surface area contributed by atoms with Crippen molar-refractivity contribution in [2.75, 3.05) is 19.8 Å². The first-order valence-corrected chi connectivity index (χ1v) is 3.18. The molecule has 0 aromatic rings. The Morgan fingerprint density at radius 3 is 1.85 bits per heavy atom. The molecule has 0 spiro atoms. The van der Waals surface area contributed by atoms with Crippen LogP contribution < -0.4 is 0 Å². The van der Waals surface area contributed by atoms with Crippen LogP contribution in [0.1, 0.15) is 0 Å². The number of aliphatic hydroxyl groups is 3. The van der Waals surface area contributed by atoms with Crippen LogP contribution in [0.15, 0.2) is 0 Å². The fraction of sp³-hybridized carbons (Fsp3) is 0.500. The van der Waals surface area contributed by atoms with E-state index in [0.717, 1.165) is 0 Å². The van der Waals surface area contributed by atoms with Gasteiger partial charge in [-0.2, -0.15) is 8.78 Å². The Labute approximate surface area is 75.0 Å². The summed E-state index contributed by atoms with van der Waals surface area (Å²) in [5, 5.41) is 23.5. The highest BCUT2D eigenvalue weighted by molar-refractivity contribution is 5.09. The largest absolute Gasteiger partial charge is 0.389 e. The van der Waals surface area contributed by atoms with Crippen molar-refractivity contribution in [3.63, 3.8) is 0 Å². The molecule has 5 heteroatoms. The number of hydrogen-bond donors (Lipinski definition) is 3. The first-order valence-electron chi connectivity index (χ1n) is 3.18. The number of aliphatic hydroxyl groups excluding tert-OH is 3. The minimum absolute atomic E-state index is 0.153. The summed E-state index contributed by atoms with van der Waals surface area (Å²) in [4.78, 5) is 0. The van der Waals surface area contributed by atoms with Crippen molar-refractivity contribution in [3.8, 4) is 24.2 Å². The molecule has 0 fully saturated rings. The zero-order valence-corrected chi connectivity index (χ0v) is 6.80. The minimum atomic E-state index is -3.37. The fourth-order valence-corrected chi connectivity index (χ4v) is 0.208. The Morgan fingerprint density at radius 2 is 1.62 bits per heavy atom. The Bertz CT molecular complexity index is 210. The molecule has 0 saturated heterocycles. The Hall–Kier alpha value is -1.14. The van der Waals surface area contributed by atoms with E-state index in [2.05, 4.69) is 6.42 Å². The first-order chi connectivity index (χ1) is 6.04. The summed E-state index contributed by atoms with van der Waals surface area (Å²) < 4.78 is 23.6. The molecule has 0 aromatic heterocycles. The van der Waals surface area contributed by atoms with Crippen LogP contribution in [0.5, 0.6) is 0 Å². The molecule has 0 amide bonds. The van der Waals surface area contributed by atoms with Crippen molar-refractivity contribution in [2.24, 2.45) is 0 Å². The van der Waals surface area contributed by atoms with Gasteiger partial charge in [-0.05, 0) is 5.92 Å². The van der Waals surface area contributed by atoms with Crippen LogP contribution in [0.4, 0.5) is 8.78 Å². The maximum Gasteiger partial charge on any atom is 0.330 e. The van der Waals surface area contributed by atoms with Crippen molar-refractivity contribution in [1.29, 1.82) is 0 Å². The topological polar surface area (TPSA) is 60.7 Å². The molecule has 0 radical (unpaired) electrons. The highest BCUT2D eigenvalue weighted by Crippen LogP contribution is 2.08. The van der Waals surface area contributed by atoms with Crippen LogP contribution in [-0.2, 0) is 0 Å². The highest BCUT2D eigenvalue weighted by atomic mass is 19.3. The molecule has 0 unspecified atom stereocenters. The number of alkyl halides is 2. The molecule has 0 bridgehead atoms. The Balaban J connectivity index is 0. The van der Waals surface area contributed by atoms with E-state index in [1.165, 1.54) is 5.92 Å². The second-order valence-electron chi connectivity index (χ2n) is 1.68. The van der Waals surface area contributed by atoms with Crippen molar-refractivity contribution in [2.45, 2.75) is 5.92 Å². The summed E-state index contributed by atoms with van der Waals surface area (Å²) in [6.07, 6.45) is 4.53. The Kier molecular flexibility index (Phi) is 9.91. The molecule has 3 nitrogen and oxygen atoms in total. The van der Waals surface area contributed by atoms with Gasteiger partial charge in [0.1, 0.15) is 19.8 Å². The van der Waals surface area contributed by atoms with Gasteiger partial charge in [0.2, 0.25) is 0 Å². The molecule has 0 atom stereocenters. The van der Waals surface area contributed by atoms with Crippen molar-refractivity contribution >= 4 is 0 Å². The summed E-state index contributed by atoms with van der Waals surface area (Å²) in [7, 11) is 0. The van der Waals surface area contributed by atoms with Crippen LogP contribution in [0, 0.1) is 24.2 Å². The van der Waals surface area contributed by atoms with Gasteiger partial charge in [0.25, 0.3) is 0 Å². The maximum absolute atomic E-state index is 11.8. The summed E-state index contributed by atoms with van der Waals surface area (Å²) in [5.74, 6) is 1.72. The number of rotatable bonds is 1. The standard InChI is InChI=1S/C5H6F2O2.C3H4O/c6-5(7,4-9)2-1-3-8;1-2-3-4/h8-9H,3-4H2;1,4H,3H2. The molecule has 0 aromatic carbocycles. The van der Waals surface area contributed by atoms with Crippen LogP contribution in [0.25, 0.3) is 0 Å². The smallest absolute Gasteiger partial charge is 0.330 e. The van der Waals surface area contributed by atoms with E-state index < -0.39 is 19.1 Å². The van der Waals surface area contributed by atoms with Gasteiger partial charge in [0.15, 0.2) is 0 Å². The van der Waals surface area contributed by atoms with E-state index in [1.807, 2.05) is 5.92 Å². The predicted molar refractivity (Wildman–Crippen MR) is 42.8 cm³/mol. The maximum atomic E-state index is 11.8. The van der Waals surface area contributed by atoms with Gasteiger partial charge in [-0.15, -0.1) is 6.42 Å². The molecular weight excluding hydrogens is 182 g/mol. The third kappa shape index (κ3) is 13.8. The second kappa shape index (κ2) is 8.95. The Morgan fingerprint density at radius 1 is 1.15 bits per heavy atom. The molecule has 13 heavy (non-hydrogen) atoms. The molecule has 0 aliphatic carbocycles. The predicted octanol–water partition coefficient (Wildman–Crippen LogP) is -0.778. The van der Waals surface area contributed by atoms with Crippen LogP contribution in [0.3, 0.4) is 0 Å². The lowest BCUT2D eigenvalue weighted by Crippen LogP contribution is -2.18. The van der Waals surface area contributed by atoms with E-state index in [0.29, 0.717) is 0 Å². The minimum Gasteiger partial charge on any atom is -0.389 e. The average molecular weight is 192 g/mol. The van der Waals surface area contributed by atoms with E-state index in [1.54, 1.807) is 5.92 Å². The van der Waals surface area contributed by atoms with E-state index in [-0.39, 0.29) is 6.61 Å². The first kappa shape index (κ1) is 14.4. The molecule has 0 rings (SSSR count). The molecule has 0 aliphatic heterocycles. The molecule has 3 N–H and O–H groups in total. The normalized spacial score (nSPS) is 8.62. The quantitative estimate of drug-likeness (QED) is 0.478. The molecule has 0 heterocycles. The zero-order chi connectivity index (χ0) is 10.7. The zero-order valence-electron chi connectivity index (χ0n) is 6.80. The van der Waals surface area contributed by atoms with Gasteiger partial charge in [-0.3, -0.25) is 0 Å². The lowest BCUT2D eigenvalue weighted by Gasteiger charge is -2.01. The molecule has 0 aliphatic rings. The molecule has 74 valence electrons. The van der Waals surface area contributed by atoms with Crippen LogP contribution in [0.2, 0.25) is 0 Å². The van der Waals surface area contributed by atoms with Gasteiger partial charge >= 0.3 is 5.92 Å². The van der Waals surface area contributed by atoms with Gasteiger partial charge in [0, 0.05) is 0 Å². The molecule has 0 saturated carbocycles. The second-order valence-corrected chi connectivity index (χ2v) is 1.68. The van der Waals surface area contributed by atoms with Crippen LogP contribution in [-0.4, -0.2) is 41.1 Å². The third-order valence-corrected chi connectivity index (χ3v) is 0.640. The summed E-state index contributed by atoms with van der Waals surface area (Å²) in [5.41, 5.74) is 0. The van der Waals surface area contributed by atoms with E-state index in [4.69, 9.17) is 15.3 Å². The van der Waals surface area contributed by atoms with Crippen molar-refractivity contribution in [1.82, 2.24) is 0 Å². The number of halogens is 2. The number of hydrogen-bond acceptors (Lipinski definition) is 3. The molecular formula is C8H10F2O3. The summed E-state index contributed by atoms with van der Waals surface area (Å²) in [6, 6.07) is 0. The summed E-state index contributed by atoms with van der Waals surface area (Å²) in [6.45, 7) is -2.07. The monoisotopic (exact) mass is 192 g/mol. The average Bonchev–Trinajstić information content (AvgIpc) is 2.15. The van der Waals surface area contributed by atoms with Gasteiger partial charge in [-0.1, -0.05) is 11.8 Å². The van der Waals surface area contributed by atoms with Gasteiger partial charge < -0.3 is 15.3 Å². The van der Waals surface area contributed by atoms with Gasteiger partial charge in [-0.25, -0.2) is 0 Å². The lowest BCUT2D eigenvalue weighted by molar-refractivity contribution is 0.00413. The summed E-state index contributed by atoms with van der Waals surface area (Å²) >= 11 is 0. The van der Waals surface area contributed by atoms with Crippen molar-refractivity contribution < 1.29 is 24.1 Å².